The van der Waals surface area contributed by atoms with Gasteiger partial charge < -0.3 is 14.5 Å². The molecule has 5 nitrogen and oxygen atoms in total. The minimum atomic E-state index is -0.552. The first-order chi connectivity index (χ1) is 11.1. The molecule has 0 aliphatic heterocycles. The Labute approximate surface area is 135 Å². The molecule has 1 heterocycles. The Balaban J connectivity index is 1.70. The van der Waals surface area contributed by atoms with E-state index in [0.717, 1.165) is 12.8 Å². The number of hydrogen-bond donors (Lipinski definition) is 1. The van der Waals surface area contributed by atoms with E-state index in [9.17, 15) is 9.59 Å². The quantitative estimate of drug-likeness (QED) is 0.798. The van der Waals surface area contributed by atoms with E-state index in [0.29, 0.717) is 11.3 Å². The lowest BCUT2D eigenvalue weighted by Crippen LogP contribution is -2.36. The zero-order chi connectivity index (χ0) is 16.7. The van der Waals surface area contributed by atoms with Crippen LogP contribution in [0.2, 0.25) is 0 Å². The fourth-order valence-corrected chi connectivity index (χ4v) is 2.22. The first-order valence-corrected chi connectivity index (χ1v) is 7.60. The molecule has 2 aromatic rings. The number of carbonyl (C=O) groups is 2. The highest BCUT2D eigenvalue weighted by Crippen LogP contribution is 2.10. The number of hydrogen-bond acceptors (Lipinski definition) is 4. The van der Waals surface area contributed by atoms with E-state index in [1.165, 1.54) is 17.9 Å². The van der Waals surface area contributed by atoms with Crippen LogP contribution in [-0.4, -0.2) is 24.5 Å². The molecular weight excluding hydrogens is 294 g/mol. The molecule has 1 N–H and O–H groups in total. The summed E-state index contributed by atoms with van der Waals surface area (Å²) in [7, 11) is 0. The Bertz CT molecular complexity index is 648. The smallest absolute Gasteiger partial charge is 0.342 e. The van der Waals surface area contributed by atoms with E-state index in [-0.39, 0.29) is 18.6 Å². The molecule has 0 saturated carbocycles. The van der Waals surface area contributed by atoms with E-state index in [2.05, 4.69) is 17.4 Å². The third-order valence-corrected chi connectivity index (χ3v) is 3.53. The van der Waals surface area contributed by atoms with Gasteiger partial charge in [-0.2, -0.15) is 0 Å². The van der Waals surface area contributed by atoms with Crippen molar-refractivity contribution < 1.29 is 18.7 Å². The minimum absolute atomic E-state index is 0.0112. The zero-order valence-corrected chi connectivity index (χ0v) is 13.4. The van der Waals surface area contributed by atoms with E-state index < -0.39 is 5.97 Å². The summed E-state index contributed by atoms with van der Waals surface area (Å²) in [4.78, 5) is 23.6. The number of esters is 1. The molecule has 0 bridgehead atoms. The van der Waals surface area contributed by atoms with Crippen LogP contribution in [0.15, 0.2) is 47.1 Å². The van der Waals surface area contributed by atoms with E-state index in [1.54, 1.807) is 6.92 Å². The van der Waals surface area contributed by atoms with Crippen LogP contribution in [0.1, 0.15) is 35.0 Å². The Kier molecular flexibility index (Phi) is 5.97. The van der Waals surface area contributed by atoms with Gasteiger partial charge in [-0.05, 0) is 38.3 Å². The lowest BCUT2D eigenvalue weighted by molar-refractivity contribution is -0.124. The molecule has 1 aromatic heterocycles. The second-order valence-corrected chi connectivity index (χ2v) is 5.46. The van der Waals surface area contributed by atoms with Crippen molar-refractivity contribution in [3.8, 4) is 0 Å². The number of ether oxygens (including phenoxy) is 1. The third-order valence-electron chi connectivity index (χ3n) is 3.53. The first kappa shape index (κ1) is 16.8. The van der Waals surface area contributed by atoms with Gasteiger partial charge in [0.05, 0.1) is 6.26 Å². The molecule has 0 aliphatic carbocycles. The topological polar surface area (TPSA) is 68.5 Å². The minimum Gasteiger partial charge on any atom is -0.469 e. The lowest BCUT2D eigenvalue weighted by Gasteiger charge is -2.14. The Hall–Kier alpha value is -2.56. The SMILES string of the molecule is Cc1occc1C(=O)OCC(=O)N[C@H](C)CCc1ccccc1. The average molecular weight is 315 g/mol. The molecule has 0 unspecified atom stereocenters. The van der Waals surface area contributed by atoms with Gasteiger partial charge in [0, 0.05) is 6.04 Å². The Morgan fingerprint density at radius 3 is 2.61 bits per heavy atom. The van der Waals surface area contributed by atoms with Crippen LogP contribution in [0.25, 0.3) is 0 Å². The summed E-state index contributed by atoms with van der Waals surface area (Å²) >= 11 is 0. The molecule has 5 heteroatoms. The fourth-order valence-electron chi connectivity index (χ4n) is 2.22. The molecule has 0 aliphatic rings. The second-order valence-electron chi connectivity index (χ2n) is 5.46. The maximum Gasteiger partial charge on any atom is 0.342 e. The number of rotatable bonds is 7. The summed E-state index contributed by atoms with van der Waals surface area (Å²) in [6.07, 6.45) is 3.12. The molecule has 2 rings (SSSR count). The molecule has 0 radical (unpaired) electrons. The van der Waals surface area contributed by atoms with Gasteiger partial charge in [0.2, 0.25) is 0 Å². The molecule has 1 atom stereocenters. The van der Waals surface area contributed by atoms with Crippen molar-refractivity contribution in [2.75, 3.05) is 6.61 Å². The molecular formula is C18H21NO4. The van der Waals surface area contributed by atoms with Crippen molar-refractivity contribution in [2.24, 2.45) is 0 Å². The predicted octanol–water partition coefficient (Wildman–Crippen LogP) is 2.88. The largest absolute Gasteiger partial charge is 0.469 e. The highest BCUT2D eigenvalue weighted by atomic mass is 16.5. The normalized spacial score (nSPS) is 11.7. The maximum atomic E-state index is 11.8. The number of carbonyl (C=O) groups excluding carboxylic acids is 2. The molecule has 0 spiro atoms. The summed E-state index contributed by atoms with van der Waals surface area (Å²) in [6.45, 7) is 3.31. The van der Waals surface area contributed by atoms with Gasteiger partial charge in [0.1, 0.15) is 11.3 Å². The van der Waals surface area contributed by atoms with Gasteiger partial charge in [-0.1, -0.05) is 30.3 Å². The molecule has 0 fully saturated rings. The van der Waals surface area contributed by atoms with Crippen LogP contribution in [0.3, 0.4) is 0 Å². The lowest BCUT2D eigenvalue weighted by atomic mass is 10.1. The summed E-state index contributed by atoms with van der Waals surface area (Å²) in [5.74, 6) is -0.380. The molecule has 1 amide bonds. The van der Waals surface area contributed by atoms with Crippen LogP contribution < -0.4 is 5.32 Å². The maximum absolute atomic E-state index is 11.8. The van der Waals surface area contributed by atoms with Crippen LogP contribution in [0, 0.1) is 6.92 Å². The van der Waals surface area contributed by atoms with Crippen LogP contribution in [0.5, 0.6) is 0 Å². The highest BCUT2D eigenvalue weighted by molar-refractivity contribution is 5.92. The third kappa shape index (κ3) is 5.29. The first-order valence-electron chi connectivity index (χ1n) is 7.60. The molecule has 0 saturated heterocycles. The number of aryl methyl sites for hydroxylation is 2. The number of furan rings is 1. The number of amides is 1. The van der Waals surface area contributed by atoms with Gasteiger partial charge in [0.15, 0.2) is 6.61 Å². The van der Waals surface area contributed by atoms with Gasteiger partial charge in [-0.15, -0.1) is 0 Å². The predicted molar refractivity (Wildman–Crippen MR) is 86.1 cm³/mol. The van der Waals surface area contributed by atoms with Crippen molar-refractivity contribution in [3.63, 3.8) is 0 Å². The van der Waals surface area contributed by atoms with Crippen LogP contribution >= 0.6 is 0 Å². The summed E-state index contributed by atoms with van der Waals surface area (Å²) in [5, 5.41) is 2.83. The van der Waals surface area contributed by atoms with Crippen LogP contribution in [0.4, 0.5) is 0 Å². The molecule has 23 heavy (non-hydrogen) atoms. The fraction of sp³-hybridized carbons (Fsp3) is 0.333. The summed E-state index contributed by atoms with van der Waals surface area (Å²) in [6, 6.07) is 11.6. The van der Waals surface area contributed by atoms with E-state index in [4.69, 9.17) is 9.15 Å². The van der Waals surface area contributed by atoms with Crippen molar-refractivity contribution in [1.82, 2.24) is 5.32 Å². The zero-order valence-electron chi connectivity index (χ0n) is 13.4. The van der Waals surface area contributed by atoms with Crippen molar-refractivity contribution in [2.45, 2.75) is 32.7 Å². The highest BCUT2D eigenvalue weighted by Gasteiger charge is 2.15. The van der Waals surface area contributed by atoms with E-state index in [1.807, 2.05) is 25.1 Å². The molecule has 122 valence electrons. The molecule has 1 aromatic carbocycles. The Morgan fingerprint density at radius 1 is 1.22 bits per heavy atom. The monoisotopic (exact) mass is 315 g/mol. The van der Waals surface area contributed by atoms with Gasteiger partial charge in [-0.25, -0.2) is 4.79 Å². The van der Waals surface area contributed by atoms with Crippen LogP contribution in [-0.2, 0) is 16.0 Å². The summed E-state index contributed by atoms with van der Waals surface area (Å²) < 4.78 is 10.0. The standard InChI is InChI=1S/C18H21NO4/c1-13(8-9-15-6-4-3-5-7-15)19-17(20)12-23-18(21)16-10-11-22-14(16)2/h3-7,10-11,13H,8-9,12H2,1-2H3,(H,19,20)/t13-/m1/s1. The average Bonchev–Trinajstić information content (AvgIpc) is 2.98. The van der Waals surface area contributed by atoms with Gasteiger partial charge >= 0.3 is 5.97 Å². The Morgan fingerprint density at radius 2 is 1.96 bits per heavy atom. The van der Waals surface area contributed by atoms with Gasteiger partial charge in [0.25, 0.3) is 5.91 Å². The summed E-state index contributed by atoms with van der Waals surface area (Å²) in [5.41, 5.74) is 1.57. The number of benzene rings is 1. The van der Waals surface area contributed by atoms with Crippen molar-refractivity contribution in [3.05, 3.63) is 59.5 Å². The van der Waals surface area contributed by atoms with E-state index >= 15 is 0 Å². The second kappa shape index (κ2) is 8.17. The van der Waals surface area contributed by atoms with Gasteiger partial charge in [-0.3, -0.25) is 4.79 Å². The van der Waals surface area contributed by atoms with Crippen molar-refractivity contribution in [1.29, 1.82) is 0 Å². The number of nitrogens with one attached hydrogen (secondary N) is 1. The van der Waals surface area contributed by atoms with Crippen molar-refractivity contribution >= 4 is 11.9 Å².